The summed E-state index contributed by atoms with van der Waals surface area (Å²) in [5, 5.41) is 11.7. The predicted octanol–water partition coefficient (Wildman–Crippen LogP) is 0.931. The van der Waals surface area contributed by atoms with Crippen molar-refractivity contribution in [1.82, 2.24) is 5.32 Å². The number of rotatable bonds is 0. The molecule has 1 rings (SSSR count). The lowest BCUT2D eigenvalue weighted by Crippen LogP contribution is -2.17. The second-order valence-electron chi connectivity index (χ2n) is 2.60. The van der Waals surface area contributed by atoms with Crippen molar-refractivity contribution in [3.63, 3.8) is 0 Å². The highest BCUT2D eigenvalue weighted by atomic mass is 35.5. The Kier molecular flexibility index (Phi) is 2.96. The molecule has 0 bridgehead atoms. The molecule has 2 nitrogen and oxygen atoms in total. The van der Waals surface area contributed by atoms with Gasteiger partial charge in [0.1, 0.15) is 0 Å². The van der Waals surface area contributed by atoms with Gasteiger partial charge < -0.3 is 5.32 Å². The van der Waals surface area contributed by atoms with Crippen LogP contribution in [0.1, 0.15) is 13.3 Å². The third-order valence-corrected chi connectivity index (χ3v) is 1.64. The summed E-state index contributed by atoms with van der Waals surface area (Å²) >= 11 is 0. The van der Waals surface area contributed by atoms with Gasteiger partial charge in [-0.1, -0.05) is 0 Å². The van der Waals surface area contributed by atoms with Gasteiger partial charge in [0.2, 0.25) is 0 Å². The van der Waals surface area contributed by atoms with E-state index >= 15 is 0 Å². The van der Waals surface area contributed by atoms with Gasteiger partial charge in [0.25, 0.3) is 0 Å². The molecule has 0 unspecified atom stereocenters. The van der Waals surface area contributed by atoms with Crippen molar-refractivity contribution in [2.75, 3.05) is 13.1 Å². The molecule has 0 aromatic carbocycles. The molecular formula is C6H11ClN2. The van der Waals surface area contributed by atoms with Gasteiger partial charge >= 0.3 is 0 Å². The van der Waals surface area contributed by atoms with E-state index in [0.29, 0.717) is 0 Å². The average molecular weight is 147 g/mol. The van der Waals surface area contributed by atoms with Crippen molar-refractivity contribution in [1.29, 1.82) is 5.26 Å². The molecule has 1 aliphatic rings. The zero-order valence-electron chi connectivity index (χ0n) is 5.48. The minimum atomic E-state index is -0.0694. The number of halogens is 1. The zero-order valence-corrected chi connectivity index (χ0v) is 6.29. The zero-order chi connectivity index (χ0) is 6.04. The standard InChI is InChI=1S/C6H10N2.ClH/c1-6(4-7)2-3-8-5-6;/h8H,2-3,5H2,1H3;1H/t6-;/m0./s1. The molecule has 0 aliphatic carbocycles. The molecule has 3 heteroatoms. The van der Waals surface area contributed by atoms with Crippen LogP contribution in [0, 0.1) is 16.7 Å². The Hall–Kier alpha value is -0.260. The van der Waals surface area contributed by atoms with E-state index in [0.717, 1.165) is 19.5 Å². The van der Waals surface area contributed by atoms with Crippen molar-refractivity contribution in [3.8, 4) is 6.07 Å². The molecule has 0 aromatic heterocycles. The average Bonchev–Trinajstić information content (AvgIpc) is 2.17. The fraction of sp³-hybridized carbons (Fsp3) is 0.833. The molecule has 0 amide bonds. The van der Waals surface area contributed by atoms with Crippen LogP contribution in [0.5, 0.6) is 0 Å². The Balaban J connectivity index is 0.000000640. The molecule has 1 aliphatic heterocycles. The molecule has 52 valence electrons. The molecule has 1 saturated heterocycles. The van der Waals surface area contributed by atoms with E-state index in [1.54, 1.807) is 0 Å². The minimum absolute atomic E-state index is 0. The van der Waals surface area contributed by atoms with Crippen LogP contribution in [0.25, 0.3) is 0 Å². The van der Waals surface area contributed by atoms with Gasteiger partial charge in [0.15, 0.2) is 0 Å². The molecule has 0 spiro atoms. The van der Waals surface area contributed by atoms with Crippen LogP contribution in [0.2, 0.25) is 0 Å². The van der Waals surface area contributed by atoms with Gasteiger partial charge in [0, 0.05) is 6.54 Å². The quantitative estimate of drug-likeness (QED) is 0.552. The van der Waals surface area contributed by atoms with Crippen molar-refractivity contribution < 1.29 is 0 Å². The van der Waals surface area contributed by atoms with Crippen LogP contribution in [0.15, 0.2) is 0 Å². The van der Waals surface area contributed by atoms with Gasteiger partial charge in [-0.05, 0) is 19.9 Å². The van der Waals surface area contributed by atoms with Gasteiger partial charge in [-0.25, -0.2) is 0 Å². The van der Waals surface area contributed by atoms with E-state index in [-0.39, 0.29) is 17.8 Å². The number of nitriles is 1. The second-order valence-corrected chi connectivity index (χ2v) is 2.60. The van der Waals surface area contributed by atoms with Crippen molar-refractivity contribution in [2.24, 2.45) is 5.41 Å². The fourth-order valence-electron chi connectivity index (χ4n) is 0.912. The summed E-state index contributed by atoms with van der Waals surface area (Å²) in [5.74, 6) is 0. The smallest absolute Gasteiger partial charge is 0.0700 e. The molecule has 0 saturated carbocycles. The first-order valence-electron chi connectivity index (χ1n) is 2.89. The van der Waals surface area contributed by atoms with Crippen molar-refractivity contribution in [3.05, 3.63) is 0 Å². The van der Waals surface area contributed by atoms with Crippen LogP contribution in [0.3, 0.4) is 0 Å². The summed E-state index contributed by atoms with van der Waals surface area (Å²) in [6.45, 7) is 3.86. The SMILES string of the molecule is C[C@@]1(C#N)CCNC1.Cl. The highest BCUT2D eigenvalue weighted by Gasteiger charge is 2.27. The fourth-order valence-corrected chi connectivity index (χ4v) is 0.912. The lowest BCUT2D eigenvalue weighted by atomic mass is 9.92. The van der Waals surface area contributed by atoms with E-state index in [4.69, 9.17) is 5.26 Å². The molecular weight excluding hydrogens is 136 g/mol. The van der Waals surface area contributed by atoms with Crippen LogP contribution in [-0.4, -0.2) is 13.1 Å². The molecule has 0 aromatic rings. The van der Waals surface area contributed by atoms with Gasteiger partial charge in [-0.15, -0.1) is 12.4 Å². The molecule has 1 atom stereocenters. The van der Waals surface area contributed by atoms with Crippen LogP contribution in [-0.2, 0) is 0 Å². The second kappa shape index (κ2) is 3.05. The number of nitrogens with one attached hydrogen (secondary N) is 1. The summed E-state index contributed by atoms with van der Waals surface area (Å²) in [4.78, 5) is 0. The highest BCUT2D eigenvalue weighted by Crippen LogP contribution is 2.21. The number of hydrogen-bond donors (Lipinski definition) is 1. The van der Waals surface area contributed by atoms with Gasteiger partial charge in [0.05, 0.1) is 11.5 Å². The van der Waals surface area contributed by atoms with Crippen LogP contribution >= 0.6 is 12.4 Å². The van der Waals surface area contributed by atoms with Crippen molar-refractivity contribution >= 4 is 12.4 Å². The Morgan fingerprint density at radius 2 is 2.33 bits per heavy atom. The monoisotopic (exact) mass is 146 g/mol. The van der Waals surface area contributed by atoms with Crippen LogP contribution in [0.4, 0.5) is 0 Å². The van der Waals surface area contributed by atoms with E-state index < -0.39 is 0 Å². The minimum Gasteiger partial charge on any atom is -0.315 e. The summed E-state index contributed by atoms with van der Waals surface area (Å²) < 4.78 is 0. The summed E-state index contributed by atoms with van der Waals surface area (Å²) in [7, 11) is 0. The molecule has 1 heterocycles. The first kappa shape index (κ1) is 8.74. The normalized spacial score (nSPS) is 32.9. The highest BCUT2D eigenvalue weighted by molar-refractivity contribution is 5.85. The van der Waals surface area contributed by atoms with Crippen LogP contribution < -0.4 is 5.32 Å². The molecule has 1 N–H and O–H groups in total. The number of nitrogens with zero attached hydrogens (tertiary/aromatic N) is 1. The predicted molar refractivity (Wildman–Crippen MR) is 38.5 cm³/mol. The topological polar surface area (TPSA) is 35.8 Å². The maximum atomic E-state index is 8.54. The number of hydrogen-bond acceptors (Lipinski definition) is 2. The van der Waals surface area contributed by atoms with Crippen molar-refractivity contribution in [2.45, 2.75) is 13.3 Å². The van der Waals surface area contributed by atoms with E-state index in [1.807, 2.05) is 6.92 Å². The largest absolute Gasteiger partial charge is 0.315 e. The third-order valence-electron chi connectivity index (χ3n) is 1.64. The lowest BCUT2D eigenvalue weighted by Gasteiger charge is -2.08. The maximum absolute atomic E-state index is 8.54. The molecule has 0 radical (unpaired) electrons. The Morgan fingerprint density at radius 1 is 1.67 bits per heavy atom. The van der Waals surface area contributed by atoms with E-state index in [9.17, 15) is 0 Å². The summed E-state index contributed by atoms with van der Waals surface area (Å²) in [5.41, 5.74) is -0.0694. The van der Waals surface area contributed by atoms with E-state index in [1.165, 1.54) is 0 Å². The molecule has 9 heavy (non-hydrogen) atoms. The first-order chi connectivity index (χ1) is 3.77. The third kappa shape index (κ3) is 1.85. The molecule has 1 fully saturated rings. The van der Waals surface area contributed by atoms with E-state index in [2.05, 4.69) is 11.4 Å². The van der Waals surface area contributed by atoms with Gasteiger partial charge in [-0.3, -0.25) is 0 Å². The Bertz CT molecular complexity index is 122. The van der Waals surface area contributed by atoms with Gasteiger partial charge in [-0.2, -0.15) is 5.26 Å². The lowest BCUT2D eigenvalue weighted by molar-refractivity contribution is 0.496. The summed E-state index contributed by atoms with van der Waals surface area (Å²) in [6.07, 6.45) is 1.00. The maximum Gasteiger partial charge on any atom is 0.0700 e. The summed E-state index contributed by atoms with van der Waals surface area (Å²) in [6, 6.07) is 2.28. The Morgan fingerprint density at radius 3 is 2.56 bits per heavy atom. The Labute approximate surface area is 61.7 Å². The first-order valence-corrected chi connectivity index (χ1v) is 2.89.